The third kappa shape index (κ3) is 3.88. The quantitative estimate of drug-likeness (QED) is 0.446. The molecule has 2 aliphatic rings. The average molecular weight is 475 g/mol. The van der Waals surface area contributed by atoms with Crippen molar-refractivity contribution in [1.82, 2.24) is 4.90 Å². The van der Waals surface area contributed by atoms with Gasteiger partial charge in [0.15, 0.2) is 5.17 Å². The van der Waals surface area contributed by atoms with Gasteiger partial charge in [0.05, 0.1) is 12.6 Å². The van der Waals surface area contributed by atoms with Crippen LogP contribution in [-0.2, 0) is 15.1 Å². The Morgan fingerprint density at radius 2 is 1.90 bits per heavy atom. The highest BCUT2D eigenvalue weighted by molar-refractivity contribution is 8.18. The van der Waals surface area contributed by atoms with E-state index >= 15 is 0 Å². The monoisotopic (exact) mass is 474 g/mol. The highest BCUT2D eigenvalue weighted by Crippen LogP contribution is 2.56. The summed E-state index contributed by atoms with van der Waals surface area (Å²) in [6.07, 6.45) is 0. The molecule has 0 saturated heterocycles. The molecule has 0 aromatic heterocycles. The summed E-state index contributed by atoms with van der Waals surface area (Å²) in [4.78, 5) is 20.7. The number of hydrogen-bond donors (Lipinski definition) is 0. The number of carbonyl (C=O) groups is 1. The number of nitrogens with zero attached hydrogens (tertiary/aromatic N) is 2. The van der Waals surface area contributed by atoms with E-state index in [2.05, 4.69) is 31.7 Å². The molecule has 162 valence electrons. The average Bonchev–Trinajstić information content (AvgIpc) is 3.22. The number of thioether (sulfide) groups is 1. The molecule has 2 aliphatic heterocycles. The third-order valence-corrected chi connectivity index (χ3v) is 7.15. The minimum Gasteiger partial charge on any atom is -0.462 e. The lowest BCUT2D eigenvalue weighted by atomic mass is 9.81. The fraction of sp³-hybridized carbons (Fsp3) is 0.333. The second kappa shape index (κ2) is 8.53. The van der Waals surface area contributed by atoms with Crippen molar-refractivity contribution < 1.29 is 9.53 Å². The number of halogens is 2. The van der Waals surface area contributed by atoms with E-state index in [4.69, 9.17) is 32.9 Å². The van der Waals surface area contributed by atoms with Gasteiger partial charge in [-0.1, -0.05) is 61.3 Å². The molecule has 4 rings (SSSR count). The van der Waals surface area contributed by atoms with Gasteiger partial charge in [0.25, 0.3) is 0 Å². The number of carbonyl (C=O) groups excluding carboxylic acids is 1. The summed E-state index contributed by atoms with van der Waals surface area (Å²) >= 11 is 13.9. The maximum Gasteiger partial charge on any atom is 0.346 e. The van der Waals surface area contributed by atoms with Crippen LogP contribution in [0.4, 0.5) is 0 Å². The Hall–Kier alpha value is -1.95. The molecule has 0 spiro atoms. The summed E-state index contributed by atoms with van der Waals surface area (Å²) in [5.74, 6) is -0.191. The molecule has 7 heteroatoms. The van der Waals surface area contributed by atoms with Crippen molar-refractivity contribution in [1.29, 1.82) is 0 Å². The molecule has 4 nitrogen and oxygen atoms in total. The van der Waals surface area contributed by atoms with Gasteiger partial charge in [0.2, 0.25) is 0 Å². The minimum absolute atomic E-state index is 0.108. The number of amidine groups is 1. The van der Waals surface area contributed by atoms with Crippen LogP contribution in [0.25, 0.3) is 0 Å². The van der Waals surface area contributed by atoms with Crippen LogP contribution in [0.5, 0.6) is 0 Å². The molecule has 2 aromatic carbocycles. The van der Waals surface area contributed by atoms with Crippen molar-refractivity contribution in [3.05, 3.63) is 80.3 Å². The third-order valence-electron chi connectivity index (χ3n) is 5.61. The van der Waals surface area contributed by atoms with E-state index in [0.717, 1.165) is 22.0 Å². The van der Waals surface area contributed by atoms with Crippen LogP contribution in [0.2, 0.25) is 10.0 Å². The molecule has 2 atom stereocenters. The zero-order valence-corrected chi connectivity index (χ0v) is 20.2. The summed E-state index contributed by atoms with van der Waals surface area (Å²) in [6, 6.07) is 15.5. The Bertz CT molecular complexity index is 1080. The SMILES string of the molecule is CCOC(=O)C1=C(C(C)C)N2C(=N[C@@](C)(c3cccc(Cl)c3)[C@H]2c2ccc(Cl)cc2)S1. The van der Waals surface area contributed by atoms with Gasteiger partial charge in [-0.25, -0.2) is 9.79 Å². The molecule has 0 fully saturated rings. The maximum atomic E-state index is 12.7. The van der Waals surface area contributed by atoms with Crippen LogP contribution >= 0.6 is 35.0 Å². The van der Waals surface area contributed by atoms with E-state index in [0.29, 0.717) is 21.6 Å². The van der Waals surface area contributed by atoms with Crippen LogP contribution in [0.15, 0.2) is 64.1 Å². The largest absolute Gasteiger partial charge is 0.462 e. The Kier molecular flexibility index (Phi) is 6.12. The molecule has 0 aliphatic carbocycles. The summed E-state index contributed by atoms with van der Waals surface area (Å²) in [5.41, 5.74) is 2.42. The second-order valence-corrected chi connectivity index (χ2v) is 9.92. The van der Waals surface area contributed by atoms with E-state index in [9.17, 15) is 4.79 Å². The van der Waals surface area contributed by atoms with Crippen LogP contribution < -0.4 is 0 Å². The maximum absolute atomic E-state index is 12.7. The van der Waals surface area contributed by atoms with E-state index in [1.165, 1.54) is 11.8 Å². The molecule has 0 radical (unpaired) electrons. The van der Waals surface area contributed by atoms with Crippen LogP contribution in [0, 0.1) is 5.92 Å². The fourth-order valence-corrected chi connectivity index (χ4v) is 5.89. The van der Waals surface area contributed by atoms with Crippen molar-refractivity contribution >= 4 is 46.1 Å². The van der Waals surface area contributed by atoms with Gasteiger partial charge in [0, 0.05) is 15.7 Å². The normalized spacial score (nSPS) is 22.7. The topological polar surface area (TPSA) is 41.9 Å². The van der Waals surface area contributed by atoms with Crippen molar-refractivity contribution in [3.63, 3.8) is 0 Å². The van der Waals surface area contributed by atoms with Gasteiger partial charge in [-0.3, -0.25) is 0 Å². The summed E-state index contributed by atoms with van der Waals surface area (Å²) < 4.78 is 5.35. The summed E-state index contributed by atoms with van der Waals surface area (Å²) in [7, 11) is 0. The van der Waals surface area contributed by atoms with E-state index in [-0.39, 0.29) is 17.9 Å². The molecule has 31 heavy (non-hydrogen) atoms. The van der Waals surface area contributed by atoms with Gasteiger partial charge in [0.1, 0.15) is 10.4 Å². The lowest BCUT2D eigenvalue weighted by Gasteiger charge is -2.37. The molecular formula is C24H24Cl2N2O2S. The molecule has 2 heterocycles. The Morgan fingerprint density at radius 3 is 2.52 bits per heavy atom. The van der Waals surface area contributed by atoms with Crippen molar-refractivity contribution in [2.75, 3.05) is 6.61 Å². The lowest BCUT2D eigenvalue weighted by Crippen LogP contribution is -2.36. The van der Waals surface area contributed by atoms with Crippen molar-refractivity contribution in [2.45, 2.75) is 39.3 Å². The van der Waals surface area contributed by atoms with E-state index < -0.39 is 5.54 Å². The minimum atomic E-state index is -0.596. The molecule has 0 N–H and O–H groups in total. The zero-order valence-electron chi connectivity index (χ0n) is 17.9. The predicted molar refractivity (Wildman–Crippen MR) is 128 cm³/mol. The van der Waals surface area contributed by atoms with Crippen LogP contribution in [0.3, 0.4) is 0 Å². The highest BCUT2D eigenvalue weighted by Gasteiger charge is 2.53. The molecule has 0 bridgehead atoms. The van der Waals surface area contributed by atoms with Gasteiger partial charge in [-0.2, -0.15) is 0 Å². The number of benzene rings is 2. The first kappa shape index (κ1) is 22.3. The fourth-order valence-electron chi connectivity index (χ4n) is 4.27. The standard InChI is InChI=1S/C24H24Cl2N2O2S/c1-5-30-22(29)20-19(14(2)3)28-21(15-9-11-17(25)12-10-15)24(4,27-23(28)31-20)16-7-6-8-18(26)13-16/h6-14,21H,5H2,1-4H3/t21-,24+/m1/s1. The van der Waals surface area contributed by atoms with Crippen LogP contribution in [-0.4, -0.2) is 22.6 Å². The Labute approximate surface area is 197 Å². The Balaban J connectivity index is 1.90. The first-order valence-electron chi connectivity index (χ1n) is 10.3. The van der Waals surface area contributed by atoms with E-state index in [1.54, 1.807) is 0 Å². The number of hydrogen-bond acceptors (Lipinski definition) is 5. The van der Waals surface area contributed by atoms with Crippen molar-refractivity contribution in [2.24, 2.45) is 10.9 Å². The van der Waals surface area contributed by atoms with Crippen LogP contribution in [0.1, 0.15) is 44.9 Å². The number of fused-ring (bicyclic) bond motifs is 1. The number of ether oxygens (including phenoxy) is 1. The van der Waals surface area contributed by atoms with E-state index in [1.807, 2.05) is 49.4 Å². The zero-order chi connectivity index (χ0) is 22.3. The second-order valence-electron chi connectivity index (χ2n) is 8.07. The summed E-state index contributed by atoms with van der Waals surface area (Å²) in [5, 5.41) is 2.14. The van der Waals surface area contributed by atoms with Gasteiger partial charge < -0.3 is 9.64 Å². The highest BCUT2D eigenvalue weighted by atomic mass is 35.5. The molecule has 0 unspecified atom stereocenters. The van der Waals surface area contributed by atoms with Gasteiger partial charge >= 0.3 is 5.97 Å². The first-order valence-corrected chi connectivity index (χ1v) is 11.8. The predicted octanol–water partition coefficient (Wildman–Crippen LogP) is 6.80. The molecule has 0 saturated carbocycles. The number of rotatable bonds is 5. The van der Waals surface area contributed by atoms with Gasteiger partial charge in [-0.05, 0) is 66.9 Å². The van der Waals surface area contributed by atoms with Gasteiger partial charge in [-0.15, -0.1) is 0 Å². The number of allylic oxidation sites excluding steroid dienone is 1. The number of aliphatic imine (C=N–C) groups is 1. The number of esters is 1. The first-order chi connectivity index (χ1) is 14.8. The smallest absolute Gasteiger partial charge is 0.346 e. The summed E-state index contributed by atoms with van der Waals surface area (Å²) in [6.45, 7) is 8.45. The Morgan fingerprint density at radius 1 is 1.19 bits per heavy atom. The van der Waals surface area contributed by atoms with Crippen molar-refractivity contribution in [3.8, 4) is 0 Å². The lowest BCUT2D eigenvalue weighted by molar-refractivity contribution is -0.137. The molecular weight excluding hydrogens is 451 g/mol. The molecule has 0 amide bonds. The molecule has 2 aromatic rings.